The van der Waals surface area contributed by atoms with Gasteiger partial charge in [-0.1, -0.05) is 6.07 Å². The van der Waals surface area contributed by atoms with Crippen molar-refractivity contribution in [1.29, 1.82) is 0 Å². The van der Waals surface area contributed by atoms with E-state index in [0.29, 0.717) is 5.75 Å². The Morgan fingerprint density at radius 3 is 2.30 bits per heavy atom. The standard InChI is InChI=1S/C13H11F2NO3S/c1-19-9-5-7-10(8-6-9)20(17,18)16-12-4-2-3-11(14)13(12)15/h2-8,16H,1H3. The second kappa shape index (κ2) is 5.46. The van der Waals surface area contributed by atoms with Crippen molar-refractivity contribution in [2.75, 3.05) is 11.8 Å². The Morgan fingerprint density at radius 1 is 1.05 bits per heavy atom. The molecule has 20 heavy (non-hydrogen) atoms. The van der Waals surface area contributed by atoms with E-state index >= 15 is 0 Å². The Kier molecular flexibility index (Phi) is 3.89. The molecule has 106 valence electrons. The van der Waals surface area contributed by atoms with Gasteiger partial charge in [-0.25, -0.2) is 17.2 Å². The van der Waals surface area contributed by atoms with E-state index in [-0.39, 0.29) is 4.90 Å². The molecule has 0 aliphatic heterocycles. The third kappa shape index (κ3) is 2.88. The molecule has 0 radical (unpaired) electrons. The van der Waals surface area contributed by atoms with Gasteiger partial charge in [0.15, 0.2) is 11.6 Å². The van der Waals surface area contributed by atoms with Gasteiger partial charge in [-0.05, 0) is 36.4 Å². The maximum Gasteiger partial charge on any atom is 0.261 e. The molecule has 1 N–H and O–H groups in total. The van der Waals surface area contributed by atoms with Crippen molar-refractivity contribution in [3.8, 4) is 5.75 Å². The minimum atomic E-state index is -3.99. The van der Waals surface area contributed by atoms with Crippen molar-refractivity contribution in [2.24, 2.45) is 0 Å². The van der Waals surface area contributed by atoms with Crippen LogP contribution in [-0.2, 0) is 10.0 Å². The van der Waals surface area contributed by atoms with E-state index in [2.05, 4.69) is 0 Å². The maximum atomic E-state index is 13.4. The van der Waals surface area contributed by atoms with Gasteiger partial charge in [0.1, 0.15) is 5.75 Å². The van der Waals surface area contributed by atoms with Gasteiger partial charge < -0.3 is 4.74 Å². The topological polar surface area (TPSA) is 55.4 Å². The van der Waals surface area contributed by atoms with Gasteiger partial charge in [-0.15, -0.1) is 0 Å². The molecular formula is C13H11F2NO3S. The van der Waals surface area contributed by atoms with E-state index in [4.69, 9.17) is 4.74 Å². The Labute approximate surface area is 115 Å². The highest BCUT2D eigenvalue weighted by Crippen LogP contribution is 2.22. The first-order valence-corrected chi connectivity index (χ1v) is 7.03. The number of halogens is 2. The third-order valence-electron chi connectivity index (χ3n) is 2.57. The number of rotatable bonds is 4. The molecule has 0 aromatic heterocycles. The minimum Gasteiger partial charge on any atom is -0.497 e. The molecule has 0 saturated heterocycles. The second-order valence-electron chi connectivity index (χ2n) is 3.88. The summed E-state index contributed by atoms with van der Waals surface area (Å²) >= 11 is 0. The second-order valence-corrected chi connectivity index (χ2v) is 5.56. The Hall–Kier alpha value is -2.15. The van der Waals surface area contributed by atoms with Crippen LogP contribution in [0.5, 0.6) is 5.75 Å². The lowest BCUT2D eigenvalue weighted by molar-refractivity contribution is 0.414. The van der Waals surface area contributed by atoms with Crippen LogP contribution >= 0.6 is 0 Å². The van der Waals surface area contributed by atoms with Gasteiger partial charge in [0, 0.05) is 0 Å². The zero-order valence-corrected chi connectivity index (χ0v) is 11.2. The number of sulfonamides is 1. The summed E-state index contributed by atoms with van der Waals surface area (Å²) in [7, 11) is -2.54. The number of anilines is 1. The van der Waals surface area contributed by atoms with Crippen LogP contribution in [0.1, 0.15) is 0 Å². The molecule has 0 spiro atoms. The van der Waals surface area contributed by atoms with Crippen molar-refractivity contribution in [3.63, 3.8) is 0 Å². The van der Waals surface area contributed by atoms with E-state index in [1.165, 1.54) is 37.4 Å². The lowest BCUT2D eigenvalue weighted by atomic mass is 10.3. The Bertz CT molecular complexity index is 715. The van der Waals surface area contributed by atoms with E-state index in [1.54, 1.807) is 0 Å². The number of methoxy groups -OCH3 is 1. The predicted octanol–water partition coefficient (Wildman–Crippen LogP) is 2.77. The lowest BCUT2D eigenvalue weighted by Gasteiger charge is -2.09. The molecule has 0 saturated carbocycles. The van der Waals surface area contributed by atoms with E-state index in [0.717, 1.165) is 12.1 Å². The summed E-state index contributed by atoms with van der Waals surface area (Å²) in [6, 6.07) is 8.77. The van der Waals surface area contributed by atoms with E-state index < -0.39 is 27.3 Å². The van der Waals surface area contributed by atoms with Crippen LogP contribution in [-0.4, -0.2) is 15.5 Å². The van der Waals surface area contributed by atoms with Gasteiger partial charge in [-0.2, -0.15) is 0 Å². The summed E-state index contributed by atoms with van der Waals surface area (Å²) in [6.45, 7) is 0. The van der Waals surface area contributed by atoms with Gasteiger partial charge in [0.05, 0.1) is 17.7 Å². The molecule has 0 amide bonds. The van der Waals surface area contributed by atoms with Crippen molar-refractivity contribution < 1.29 is 21.9 Å². The van der Waals surface area contributed by atoms with Crippen LogP contribution in [0, 0.1) is 11.6 Å². The summed E-state index contributed by atoms with van der Waals surface area (Å²) in [5.41, 5.74) is -0.444. The monoisotopic (exact) mass is 299 g/mol. The number of nitrogens with one attached hydrogen (secondary N) is 1. The fourth-order valence-corrected chi connectivity index (χ4v) is 2.60. The first-order chi connectivity index (χ1) is 9.44. The van der Waals surface area contributed by atoms with Crippen LogP contribution in [0.4, 0.5) is 14.5 Å². The Balaban J connectivity index is 2.33. The molecule has 0 aliphatic carbocycles. The molecule has 0 bridgehead atoms. The molecular weight excluding hydrogens is 288 g/mol. The van der Waals surface area contributed by atoms with E-state index in [9.17, 15) is 17.2 Å². The van der Waals surface area contributed by atoms with Crippen LogP contribution in [0.25, 0.3) is 0 Å². The van der Waals surface area contributed by atoms with Crippen LogP contribution in [0.15, 0.2) is 47.4 Å². The minimum absolute atomic E-state index is 0.0815. The van der Waals surface area contributed by atoms with E-state index in [1.807, 2.05) is 4.72 Å². The largest absolute Gasteiger partial charge is 0.497 e. The highest BCUT2D eigenvalue weighted by molar-refractivity contribution is 7.92. The number of benzene rings is 2. The number of hydrogen-bond acceptors (Lipinski definition) is 3. The molecule has 2 aromatic carbocycles. The maximum absolute atomic E-state index is 13.4. The van der Waals surface area contributed by atoms with Gasteiger partial charge >= 0.3 is 0 Å². The fraction of sp³-hybridized carbons (Fsp3) is 0.0769. The molecule has 2 aromatic rings. The Morgan fingerprint density at radius 2 is 1.70 bits per heavy atom. The number of ether oxygens (including phenoxy) is 1. The summed E-state index contributed by atoms with van der Waals surface area (Å²) in [4.78, 5) is -0.0815. The molecule has 7 heteroatoms. The molecule has 2 rings (SSSR count). The normalized spacial score (nSPS) is 11.2. The smallest absolute Gasteiger partial charge is 0.261 e. The summed E-state index contributed by atoms with van der Waals surface area (Å²) in [5.74, 6) is -1.88. The zero-order valence-electron chi connectivity index (χ0n) is 10.4. The van der Waals surface area contributed by atoms with Crippen molar-refractivity contribution in [3.05, 3.63) is 54.1 Å². The zero-order chi connectivity index (χ0) is 14.8. The lowest BCUT2D eigenvalue weighted by Crippen LogP contribution is -2.14. The molecule has 0 atom stereocenters. The molecule has 0 aliphatic rings. The van der Waals surface area contributed by atoms with Gasteiger partial charge in [-0.3, -0.25) is 4.72 Å². The summed E-state index contributed by atoms with van der Waals surface area (Å²) < 4.78 is 57.4. The predicted molar refractivity (Wildman–Crippen MR) is 70.2 cm³/mol. The molecule has 0 fully saturated rings. The number of hydrogen-bond donors (Lipinski definition) is 1. The average molecular weight is 299 g/mol. The highest BCUT2D eigenvalue weighted by Gasteiger charge is 2.17. The first-order valence-electron chi connectivity index (χ1n) is 5.55. The van der Waals surface area contributed by atoms with Crippen molar-refractivity contribution in [1.82, 2.24) is 0 Å². The molecule has 4 nitrogen and oxygen atoms in total. The van der Waals surface area contributed by atoms with Crippen molar-refractivity contribution >= 4 is 15.7 Å². The van der Waals surface area contributed by atoms with Gasteiger partial charge in [0.2, 0.25) is 0 Å². The summed E-state index contributed by atoms with van der Waals surface area (Å²) in [5, 5.41) is 0. The fourth-order valence-electron chi connectivity index (χ4n) is 1.54. The SMILES string of the molecule is COc1ccc(S(=O)(=O)Nc2cccc(F)c2F)cc1. The van der Waals surface area contributed by atoms with Crippen LogP contribution in [0.3, 0.4) is 0 Å². The summed E-state index contributed by atoms with van der Waals surface area (Å²) in [6.07, 6.45) is 0. The van der Waals surface area contributed by atoms with Gasteiger partial charge in [0.25, 0.3) is 10.0 Å². The quantitative estimate of drug-likeness (QED) is 0.944. The average Bonchev–Trinajstić information content (AvgIpc) is 2.44. The molecule has 0 heterocycles. The van der Waals surface area contributed by atoms with Crippen LogP contribution in [0.2, 0.25) is 0 Å². The molecule has 0 unspecified atom stereocenters. The highest BCUT2D eigenvalue weighted by atomic mass is 32.2. The van der Waals surface area contributed by atoms with Crippen molar-refractivity contribution in [2.45, 2.75) is 4.90 Å². The third-order valence-corrected chi connectivity index (χ3v) is 3.95. The van der Waals surface area contributed by atoms with Crippen LogP contribution < -0.4 is 9.46 Å². The first kappa shape index (κ1) is 14.3.